The Morgan fingerprint density at radius 3 is 2.67 bits per heavy atom. The Balaban J connectivity index is 2.33. The maximum absolute atomic E-state index is 12.3. The number of rotatable bonds is 4. The molecule has 1 aromatic carbocycles. The average molecular weight is 436 g/mol. The van der Waals surface area contributed by atoms with Crippen LogP contribution >= 0.6 is 45.5 Å². The van der Waals surface area contributed by atoms with E-state index in [0.29, 0.717) is 15.6 Å². The Hall–Kier alpha value is -1.12. The van der Waals surface area contributed by atoms with Gasteiger partial charge in [0.25, 0.3) is 5.91 Å². The van der Waals surface area contributed by atoms with Crippen molar-refractivity contribution in [2.24, 2.45) is 0 Å². The molecule has 0 aliphatic heterocycles. The molecule has 0 unspecified atom stereocenters. The van der Waals surface area contributed by atoms with Gasteiger partial charge in [0.15, 0.2) is 0 Å². The Labute approximate surface area is 144 Å². The van der Waals surface area contributed by atoms with Crippen molar-refractivity contribution >= 4 is 62.4 Å². The zero-order chi connectivity index (χ0) is 15.6. The number of thiophene rings is 1. The third-order valence-corrected chi connectivity index (χ3v) is 5.13. The second-order valence-corrected chi connectivity index (χ2v) is 6.93. The number of halogens is 2. The Kier molecular flexibility index (Phi) is 5.23. The summed E-state index contributed by atoms with van der Waals surface area (Å²) in [6.07, 6.45) is 0.718. The number of nitrogens with one attached hydrogen (secondary N) is 1. The fourth-order valence-corrected chi connectivity index (χ4v) is 3.45. The fraction of sp³-hybridized carbons (Fsp3) is 0.143. The van der Waals surface area contributed by atoms with Crippen molar-refractivity contribution in [2.75, 3.05) is 5.32 Å². The molecule has 0 radical (unpaired) electrons. The van der Waals surface area contributed by atoms with Crippen molar-refractivity contribution < 1.29 is 14.7 Å². The molecule has 0 aliphatic carbocycles. The molecule has 0 atom stereocenters. The van der Waals surface area contributed by atoms with E-state index in [1.165, 1.54) is 11.3 Å². The number of hydrogen-bond acceptors (Lipinski definition) is 3. The number of aromatic carboxylic acids is 1. The van der Waals surface area contributed by atoms with Crippen molar-refractivity contribution in [1.82, 2.24) is 0 Å². The second-order valence-electron chi connectivity index (χ2n) is 4.19. The molecule has 0 bridgehead atoms. The van der Waals surface area contributed by atoms with E-state index in [1.807, 2.05) is 29.5 Å². The highest BCUT2D eigenvalue weighted by Crippen LogP contribution is 2.29. The summed E-state index contributed by atoms with van der Waals surface area (Å²) in [6, 6.07) is 6.59. The molecule has 0 saturated heterocycles. The van der Waals surface area contributed by atoms with Gasteiger partial charge in [0.2, 0.25) is 0 Å². The molecule has 0 aliphatic rings. The van der Waals surface area contributed by atoms with E-state index in [9.17, 15) is 14.7 Å². The topological polar surface area (TPSA) is 66.4 Å². The van der Waals surface area contributed by atoms with Gasteiger partial charge in [0.05, 0.1) is 11.1 Å². The minimum Gasteiger partial charge on any atom is -0.478 e. The van der Waals surface area contributed by atoms with Gasteiger partial charge in [0, 0.05) is 13.5 Å². The van der Waals surface area contributed by atoms with Gasteiger partial charge < -0.3 is 10.4 Å². The standard InChI is InChI=1S/C14H11ClINO3S/c1-2-8-6-10(14(19)20)13(21-8)17-12(18)9-5-7(15)3-4-11(9)16/h3-6H,2H2,1H3,(H,17,18)(H,19,20). The van der Waals surface area contributed by atoms with Crippen LogP contribution in [0.15, 0.2) is 24.3 Å². The van der Waals surface area contributed by atoms with Gasteiger partial charge >= 0.3 is 5.97 Å². The van der Waals surface area contributed by atoms with Crippen LogP contribution in [0.2, 0.25) is 5.02 Å². The van der Waals surface area contributed by atoms with Gasteiger partial charge in [-0.3, -0.25) is 4.79 Å². The van der Waals surface area contributed by atoms with E-state index in [1.54, 1.807) is 24.3 Å². The highest BCUT2D eigenvalue weighted by atomic mass is 127. The molecule has 2 N–H and O–H groups in total. The summed E-state index contributed by atoms with van der Waals surface area (Å²) in [5.41, 5.74) is 0.535. The first-order valence-corrected chi connectivity index (χ1v) is 8.32. The summed E-state index contributed by atoms with van der Waals surface area (Å²) >= 11 is 9.21. The first-order valence-electron chi connectivity index (χ1n) is 6.04. The third-order valence-electron chi connectivity index (χ3n) is 2.76. The first-order chi connectivity index (χ1) is 9.92. The first kappa shape index (κ1) is 16.3. The lowest BCUT2D eigenvalue weighted by atomic mass is 10.2. The molecule has 1 amide bonds. The van der Waals surface area contributed by atoms with Crippen molar-refractivity contribution in [1.29, 1.82) is 0 Å². The molecule has 1 heterocycles. The van der Waals surface area contributed by atoms with Crippen LogP contribution in [0.3, 0.4) is 0 Å². The van der Waals surface area contributed by atoms with Gasteiger partial charge in [-0.25, -0.2) is 4.79 Å². The molecule has 4 nitrogen and oxygen atoms in total. The Morgan fingerprint density at radius 2 is 2.05 bits per heavy atom. The molecule has 0 saturated carbocycles. The fourth-order valence-electron chi connectivity index (χ4n) is 1.71. The van der Waals surface area contributed by atoms with E-state index in [4.69, 9.17) is 11.6 Å². The Morgan fingerprint density at radius 1 is 1.33 bits per heavy atom. The van der Waals surface area contributed by atoms with Crippen LogP contribution in [-0.2, 0) is 6.42 Å². The number of carbonyl (C=O) groups excluding carboxylic acids is 1. The second kappa shape index (κ2) is 6.76. The van der Waals surface area contributed by atoms with E-state index in [0.717, 1.165) is 14.9 Å². The van der Waals surface area contributed by atoms with Gasteiger partial charge in [-0.1, -0.05) is 18.5 Å². The monoisotopic (exact) mass is 435 g/mol. The molecule has 0 fully saturated rings. The lowest BCUT2D eigenvalue weighted by Gasteiger charge is -2.06. The number of carbonyl (C=O) groups is 2. The molecule has 110 valence electrons. The summed E-state index contributed by atoms with van der Waals surface area (Å²) < 4.78 is 0.749. The molecule has 0 spiro atoms. The molecule has 2 aromatic rings. The number of hydrogen-bond donors (Lipinski definition) is 2. The normalized spacial score (nSPS) is 10.4. The van der Waals surface area contributed by atoms with Crippen molar-refractivity contribution in [2.45, 2.75) is 13.3 Å². The number of benzene rings is 1. The average Bonchev–Trinajstić information content (AvgIpc) is 2.84. The lowest BCUT2D eigenvalue weighted by Crippen LogP contribution is -2.14. The number of anilines is 1. The molecule has 2 rings (SSSR count). The summed E-state index contributed by atoms with van der Waals surface area (Å²) in [5, 5.41) is 12.7. The number of carboxylic acid groups (broad SMARTS) is 1. The van der Waals surface area contributed by atoms with Crippen molar-refractivity contribution in [3.8, 4) is 0 Å². The maximum atomic E-state index is 12.3. The maximum Gasteiger partial charge on any atom is 0.338 e. The van der Waals surface area contributed by atoms with Crippen LogP contribution in [0.4, 0.5) is 5.00 Å². The molecular weight excluding hydrogens is 425 g/mol. The molecule has 21 heavy (non-hydrogen) atoms. The third kappa shape index (κ3) is 3.75. The highest BCUT2D eigenvalue weighted by molar-refractivity contribution is 14.1. The van der Waals surface area contributed by atoms with Crippen LogP contribution in [0.25, 0.3) is 0 Å². The summed E-state index contributed by atoms with van der Waals surface area (Å²) in [7, 11) is 0. The predicted octanol–water partition coefficient (Wildman–Crippen LogP) is 4.52. The minimum atomic E-state index is -1.05. The number of aryl methyl sites for hydroxylation is 1. The zero-order valence-electron chi connectivity index (χ0n) is 10.9. The summed E-state index contributed by atoms with van der Waals surface area (Å²) in [5.74, 6) is -1.42. The van der Waals surface area contributed by atoms with Gasteiger partial charge in [-0.15, -0.1) is 11.3 Å². The van der Waals surface area contributed by atoms with Crippen molar-refractivity contribution in [3.05, 3.63) is 48.9 Å². The summed E-state index contributed by atoms with van der Waals surface area (Å²) in [4.78, 5) is 24.4. The minimum absolute atomic E-state index is 0.113. The van der Waals surface area contributed by atoms with E-state index in [2.05, 4.69) is 5.32 Å². The van der Waals surface area contributed by atoms with E-state index < -0.39 is 5.97 Å². The van der Waals surface area contributed by atoms with Gasteiger partial charge in [-0.2, -0.15) is 0 Å². The number of carboxylic acids is 1. The SMILES string of the molecule is CCc1cc(C(=O)O)c(NC(=O)c2cc(Cl)ccc2I)s1. The smallest absolute Gasteiger partial charge is 0.338 e. The zero-order valence-corrected chi connectivity index (χ0v) is 14.7. The summed E-state index contributed by atoms with van der Waals surface area (Å²) in [6.45, 7) is 1.93. The van der Waals surface area contributed by atoms with E-state index in [-0.39, 0.29) is 11.5 Å². The quantitative estimate of drug-likeness (QED) is 0.694. The van der Waals surface area contributed by atoms with Crippen LogP contribution in [0, 0.1) is 3.57 Å². The van der Waals surface area contributed by atoms with Crippen molar-refractivity contribution in [3.63, 3.8) is 0 Å². The van der Waals surface area contributed by atoms with Crippen LogP contribution in [0.5, 0.6) is 0 Å². The largest absolute Gasteiger partial charge is 0.478 e. The van der Waals surface area contributed by atoms with Gasteiger partial charge in [0.1, 0.15) is 5.00 Å². The molecule has 1 aromatic heterocycles. The predicted molar refractivity (Wildman–Crippen MR) is 92.8 cm³/mol. The Bertz CT molecular complexity index is 714. The molecule has 7 heteroatoms. The van der Waals surface area contributed by atoms with E-state index >= 15 is 0 Å². The van der Waals surface area contributed by atoms with Gasteiger partial charge in [-0.05, 0) is 53.3 Å². The lowest BCUT2D eigenvalue weighted by molar-refractivity contribution is 0.0698. The molecular formula is C14H11ClINO3S. The van der Waals surface area contributed by atoms with Crippen LogP contribution < -0.4 is 5.32 Å². The number of amides is 1. The highest BCUT2D eigenvalue weighted by Gasteiger charge is 2.18. The van der Waals surface area contributed by atoms with Crippen LogP contribution in [0.1, 0.15) is 32.5 Å². The van der Waals surface area contributed by atoms with Crippen LogP contribution in [-0.4, -0.2) is 17.0 Å².